The Labute approximate surface area is 131 Å². The molecular formula is C15H16IN3O. The third-order valence-corrected chi connectivity index (χ3v) is 3.62. The van der Waals surface area contributed by atoms with E-state index in [2.05, 4.69) is 64.4 Å². The fourth-order valence-electron chi connectivity index (χ4n) is 1.88. The molecule has 0 spiro atoms. The van der Waals surface area contributed by atoms with Crippen LogP contribution in [0.4, 0.5) is 16.2 Å². The van der Waals surface area contributed by atoms with Crippen LogP contribution in [-0.2, 0) is 0 Å². The summed E-state index contributed by atoms with van der Waals surface area (Å²) >= 11 is 2.28. The number of carbonyl (C=O) groups excluding carboxylic acids is 1. The van der Waals surface area contributed by atoms with Gasteiger partial charge in [-0.05, 0) is 71.5 Å². The first-order chi connectivity index (χ1) is 9.54. The molecule has 104 valence electrons. The molecule has 2 rings (SSSR count). The second-order valence-electron chi connectivity index (χ2n) is 4.48. The molecule has 0 heterocycles. The fraction of sp³-hybridized carbons (Fsp3) is 0.133. The Morgan fingerprint density at radius 1 is 1.05 bits per heavy atom. The topological polar surface area (TPSA) is 67.2 Å². The lowest BCUT2D eigenvalue weighted by molar-refractivity contribution is 0.259. The van der Waals surface area contributed by atoms with Crippen LogP contribution in [0.2, 0.25) is 0 Å². The number of primary amides is 1. The van der Waals surface area contributed by atoms with Gasteiger partial charge >= 0.3 is 6.03 Å². The molecule has 2 amide bonds. The predicted molar refractivity (Wildman–Crippen MR) is 90.8 cm³/mol. The van der Waals surface area contributed by atoms with Crippen LogP contribution in [0.1, 0.15) is 18.5 Å². The van der Waals surface area contributed by atoms with E-state index in [-0.39, 0.29) is 6.04 Å². The number of halogens is 1. The average Bonchev–Trinajstić information content (AvgIpc) is 2.41. The third-order valence-electron chi connectivity index (χ3n) is 2.91. The Bertz CT molecular complexity index is 581. The molecule has 0 aliphatic carbocycles. The van der Waals surface area contributed by atoms with Gasteiger partial charge in [-0.15, -0.1) is 0 Å². The second-order valence-corrected chi connectivity index (χ2v) is 5.73. The van der Waals surface area contributed by atoms with Gasteiger partial charge in [0, 0.05) is 21.0 Å². The van der Waals surface area contributed by atoms with Crippen molar-refractivity contribution in [3.8, 4) is 0 Å². The smallest absolute Gasteiger partial charge is 0.316 e. The molecule has 4 nitrogen and oxygen atoms in total. The Balaban J connectivity index is 2.03. The summed E-state index contributed by atoms with van der Waals surface area (Å²) in [5.74, 6) is 0. The molecule has 0 bridgehead atoms. The first-order valence-electron chi connectivity index (χ1n) is 6.23. The Morgan fingerprint density at radius 2 is 1.60 bits per heavy atom. The van der Waals surface area contributed by atoms with Crippen molar-refractivity contribution in [2.75, 3.05) is 10.6 Å². The molecule has 20 heavy (non-hydrogen) atoms. The number of nitrogens with one attached hydrogen (secondary N) is 2. The molecule has 2 aromatic rings. The Morgan fingerprint density at radius 3 is 2.15 bits per heavy atom. The van der Waals surface area contributed by atoms with Crippen LogP contribution in [0.15, 0.2) is 48.5 Å². The highest BCUT2D eigenvalue weighted by Gasteiger charge is 2.05. The van der Waals surface area contributed by atoms with Crippen LogP contribution in [-0.4, -0.2) is 6.03 Å². The molecule has 0 fully saturated rings. The van der Waals surface area contributed by atoms with E-state index in [4.69, 9.17) is 5.73 Å². The lowest BCUT2D eigenvalue weighted by atomic mass is 10.1. The average molecular weight is 381 g/mol. The van der Waals surface area contributed by atoms with Gasteiger partial charge in [0.15, 0.2) is 0 Å². The molecule has 1 unspecified atom stereocenters. The maximum atomic E-state index is 10.8. The van der Waals surface area contributed by atoms with Crippen molar-refractivity contribution >= 4 is 40.0 Å². The number of carbonyl (C=O) groups is 1. The number of hydrogen-bond donors (Lipinski definition) is 3. The molecule has 0 aromatic heterocycles. The van der Waals surface area contributed by atoms with Crippen molar-refractivity contribution in [3.63, 3.8) is 0 Å². The van der Waals surface area contributed by atoms with Crippen molar-refractivity contribution in [1.82, 2.24) is 0 Å². The SMILES string of the molecule is CC(Nc1ccc(I)cc1)c1ccc(NC(N)=O)cc1. The molecule has 0 aliphatic rings. The Hall–Kier alpha value is -1.76. The van der Waals surface area contributed by atoms with Crippen molar-refractivity contribution < 1.29 is 4.79 Å². The largest absolute Gasteiger partial charge is 0.379 e. The van der Waals surface area contributed by atoms with Crippen LogP contribution in [0.5, 0.6) is 0 Å². The van der Waals surface area contributed by atoms with Crippen LogP contribution in [0.25, 0.3) is 0 Å². The highest BCUT2D eigenvalue weighted by molar-refractivity contribution is 14.1. The number of nitrogens with two attached hydrogens (primary N) is 1. The molecule has 0 saturated heterocycles. The van der Waals surface area contributed by atoms with E-state index < -0.39 is 6.03 Å². The first kappa shape index (κ1) is 14.6. The maximum Gasteiger partial charge on any atom is 0.316 e. The van der Waals surface area contributed by atoms with E-state index in [1.807, 2.05) is 24.3 Å². The van der Waals surface area contributed by atoms with Gasteiger partial charge in [-0.25, -0.2) is 4.79 Å². The van der Waals surface area contributed by atoms with Gasteiger partial charge in [0.1, 0.15) is 0 Å². The van der Waals surface area contributed by atoms with Crippen molar-refractivity contribution in [2.24, 2.45) is 5.73 Å². The van der Waals surface area contributed by atoms with E-state index in [1.165, 1.54) is 3.57 Å². The normalized spacial score (nSPS) is 11.7. The minimum absolute atomic E-state index is 0.178. The summed E-state index contributed by atoms with van der Waals surface area (Å²) in [7, 11) is 0. The summed E-state index contributed by atoms with van der Waals surface area (Å²) in [6, 6.07) is 15.5. The lowest BCUT2D eigenvalue weighted by Crippen LogP contribution is -2.19. The number of rotatable bonds is 4. The number of benzene rings is 2. The summed E-state index contributed by atoms with van der Waals surface area (Å²) < 4.78 is 1.21. The summed E-state index contributed by atoms with van der Waals surface area (Å²) in [4.78, 5) is 10.8. The minimum atomic E-state index is -0.553. The van der Waals surface area contributed by atoms with Crippen LogP contribution < -0.4 is 16.4 Å². The van der Waals surface area contributed by atoms with E-state index in [0.29, 0.717) is 5.69 Å². The molecule has 5 heteroatoms. The van der Waals surface area contributed by atoms with Gasteiger partial charge in [-0.1, -0.05) is 12.1 Å². The monoisotopic (exact) mass is 381 g/mol. The predicted octanol–water partition coefficient (Wildman–Crippen LogP) is 3.95. The van der Waals surface area contributed by atoms with Gasteiger partial charge in [-0.3, -0.25) is 0 Å². The quantitative estimate of drug-likeness (QED) is 0.702. The molecule has 0 aliphatic heterocycles. The fourth-order valence-corrected chi connectivity index (χ4v) is 2.24. The lowest BCUT2D eigenvalue weighted by Gasteiger charge is -2.16. The summed E-state index contributed by atoms with van der Waals surface area (Å²) in [5.41, 5.74) is 7.99. The molecular weight excluding hydrogens is 365 g/mol. The van der Waals surface area contributed by atoms with Crippen LogP contribution in [0.3, 0.4) is 0 Å². The van der Waals surface area contributed by atoms with Gasteiger partial charge in [0.25, 0.3) is 0 Å². The van der Waals surface area contributed by atoms with E-state index in [9.17, 15) is 4.79 Å². The summed E-state index contributed by atoms with van der Waals surface area (Å²) in [6.45, 7) is 2.09. The second kappa shape index (κ2) is 6.60. The molecule has 0 saturated carbocycles. The maximum absolute atomic E-state index is 10.8. The molecule has 1 atom stereocenters. The van der Waals surface area contributed by atoms with Crippen molar-refractivity contribution in [2.45, 2.75) is 13.0 Å². The summed E-state index contributed by atoms with van der Waals surface area (Å²) in [6.07, 6.45) is 0. The van der Waals surface area contributed by atoms with Crippen molar-refractivity contribution in [3.05, 3.63) is 57.7 Å². The van der Waals surface area contributed by atoms with Gasteiger partial charge in [0.2, 0.25) is 0 Å². The van der Waals surface area contributed by atoms with Gasteiger partial charge in [-0.2, -0.15) is 0 Å². The molecule has 0 radical (unpaired) electrons. The number of urea groups is 1. The minimum Gasteiger partial charge on any atom is -0.379 e. The van der Waals surface area contributed by atoms with Crippen LogP contribution in [0, 0.1) is 3.57 Å². The first-order valence-corrected chi connectivity index (χ1v) is 7.31. The molecule has 4 N–H and O–H groups in total. The van der Waals surface area contributed by atoms with E-state index in [0.717, 1.165) is 11.3 Å². The molecule has 2 aromatic carbocycles. The van der Waals surface area contributed by atoms with Crippen molar-refractivity contribution in [1.29, 1.82) is 0 Å². The van der Waals surface area contributed by atoms with Gasteiger partial charge in [0.05, 0.1) is 0 Å². The van der Waals surface area contributed by atoms with E-state index in [1.54, 1.807) is 0 Å². The highest BCUT2D eigenvalue weighted by Crippen LogP contribution is 2.21. The highest BCUT2D eigenvalue weighted by atomic mass is 127. The number of anilines is 2. The summed E-state index contributed by atoms with van der Waals surface area (Å²) in [5, 5.41) is 5.97. The third kappa shape index (κ3) is 4.12. The number of hydrogen-bond acceptors (Lipinski definition) is 2. The van der Waals surface area contributed by atoms with Crippen LogP contribution >= 0.6 is 22.6 Å². The number of amides is 2. The Kier molecular flexibility index (Phi) is 4.84. The zero-order chi connectivity index (χ0) is 14.5. The standard InChI is InChI=1S/C15H16IN3O/c1-10(18-13-8-4-12(16)5-9-13)11-2-6-14(7-3-11)19-15(17)20/h2-10,18H,1H3,(H3,17,19,20). The van der Waals surface area contributed by atoms with Gasteiger partial charge < -0.3 is 16.4 Å². The van der Waals surface area contributed by atoms with E-state index >= 15 is 0 Å². The zero-order valence-corrected chi connectivity index (χ0v) is 13.2. The zero-order valence-electron chi connectivity index (χ0n) is 11.1.